The summed E-state index contributed by atoms with van der Waals surface area (Å²) in [5, 5.41) is 2.66. The van der Waals surface area contributed by atoms with Crippen LogP contribution < -0.4 is 15.1 Å². The van der Waals surface area contributed by atoms with Gasteiger partial charge in [-0.25, -0.2) is 17.6 Å². The summed E-state index contributed by atoms with van der Waals surface area (Å²) in [6, 6.07) is 7.82. The van der Waals surface area contributed by atoms with Gasteiger partial charge in [0.05, 0.1) is 42.2 Å². The van der Waals surface area contributed by atoms with Crippen molar-refractivity contribution in [1.29, 1.82) is 0 Å². The number of amides is 2. The van der Waals surface area contributed by atoms with E-state index in [0.717, 1.165) is 12.8 Å². The summed E-state index contributed by atoms with van der Waals surface area (Å²) in [6.45, 7) is 1.63. The van der Waals surface area contributed by atoms with Gasteiger partial charge in [0.2, 0.25) is 0 Å². The maximum Gasteiger partial charge on any atom is 0.414 e. The highest BCUT2D eigenvalue weighted by atomic mass is 32.2. The van der Waals surface area contributed by atoms with Gasteiger partial charge in [0, 0.05) is 13.1 Å². The van der Waals surface area contributed by atoms with Crippen molar-refractivity contribution in [3.63, 3.8) is 0 Å². The van der Waals surface area contributed by atoms with E-state index in [1.165, 1.54) is 23.3 Å². The molecule has 11 heteroatoms. The number of benzene rings is 1. The van der Waals surface area contributed by atoms with Crippen LogP contribution in [0, 0.1) is 17.7 Å². The molecule has 3 fully saturated rings. The van der Waals surface area contributed by atoms with Crippen LogP contribution in [0.25, 0.3) is 0 Å². The molecule has 0 bridgehead atoms. The van der Waals surface area contributed by atoms with Gasteiger partial charge in [-0.3, -0.25) is 9.69 Å². The Hall–Kier alpha value is -3.08. The number of rotatable bonds is 6. The molecule has 0 saturated carbocycles. The molecule has 1 aromatic carbocycles. The van der Waals surface area contributed by atoms with Gasteiger partial charge in [-0.1, -0.05) is 0 Å². The first kappa shape index (κ1) is 22.7. The maximum atomic E-state index is 15.0. The molecule has 1 atom stereocenters. The molecule has 3 aliphatic heterocycles. The number of hydrogen-bond donors (Lipinski definition) is 1. The van der Waals surface area contributed by atoms with Gasteiger partial charge in [-0.05, 0) is 55.0 Å². The molecule has 9 nitrogen and oxygen atoms in total. The second-order valence-electron chi connectivity index (χ2n) is 9.10. The minimum atomic E-state index is -2.83. The van der Waals surface area contributed by atoms with E-state index in [4.69, 9.17) is 9.15 Å². The Bertz CT molecular complexity index is 1170. The average Bonchev–Trinajstić information content (AvgIpc) is 3.46. The lowest BCUT2D eigenvalue weighted by Crippen LogP contribution is -2.45. The molecule has 1 aromatic heterocycles. The van der Waals surface area contributed by atoms with Gasteiger partial charge < -0.3 is 19.4 Å². The van der Waals surface area contributed by atoms with E-state index in [1.807, 2.05) is 4.90 Å². The summed E-state index contributed by atoms with van der Waals surface area (Å²) in [7, 11) is -2.83. The lowest BCUT2D eigenvalue weighted by molar-refractivity contribution is 0.0889. The van der Waals surface area contributed by atoms with Gasteiger partial charge in [0.1, 0.15) is 11.9 Å². The molecule has 5 rings (SSSR count). The van der Waals surface area contributed by atoms with E-state index in [1.54, 1.807) is 18.2 Å². The second-order valence-corrected chi connectivity index (χ2v) is 11.3. The van der Waals surface area contributed by atoms with Crippen molar-refractivity contribution < 1.29 is 31.6 Å². The van der Waals surface area contributed by atoms with Gasteiger partial charge in [-0.2, -0.15) is 0 Å². The number of nitrogens with zero attached hydrogens (tertiary/aromatic N) is 2. The molecule has 0 unspecified atom stereocenters. The smallest absolute Gasteiger partial charge is 0.414 e. The van der Waals surface area contributed by atoms with E-state index >= 15 is 0 Å². The quantitative estimate of drug-likeness (QED) is 0.661. The van der Waals surface area contributed by atoms with Crippen LogP contribution in [-0.4, -0.2) is 64.2 Å². The summed E-state index contributed by atoms with van der Waals surface area (Å²) in [6.07, 6.45) is 1.91. The summed E-state index contributed by atoms with van der Waals surface area (Å²) >= 11 is 0. The SMILES string of the molecule is O=C(NC[C@H]1CN(c2ccc(N3CCC(C4CS(=O)(=O)C4)CC3)c(F)c2)C(=O)O1)c1ccco1. The largest absolute Gasteiger partial charge is 0.459 e. The fraction of sp³-hybridized carbons (Fsp3) is 0.478. The number of anilines is 2. The molecule has 182 valence electrons. The van der Waals surface area contributed by atoms with E-state index < -0.39 is 33.8 Å². The molecule has 3 saturated heterocycles. The Labute approximate surface area is 196 Å². The minimum absolute atomic E-state index is 0.111. The first-order chi connectivity index (χ1) is 16.3. The lowest BCUT2D eigenvalue weighted by atomic mass is 9.86. The van der Waals surface area contributed by atoms with Gasteiger partial charge in [0.15, 0.2) is 15.6 Å². The molecule has 0 aliphatic carbocycles. The van der Waals surface area contributed by atoms with Crippen LogP contribution in [0.15, 0.2) is 41.0 Å². The average molecular weight is 492 g/mol. The lowest BCUT2D eigenvalue weighted by Gasteiger charge is -2.40. The van der Waals surface area contributed by atoms with E-state index in [9.17, 15) is 22.4 Å². The van der Waals surface area contributed by atoms with Crippen molar-refractivity contribution in [3.05, 3.63) is 48.2 Å². The second kappa shape index (κ2) is 8.94. The van der Waals surface area contributed by atoms with Crippen LogP contribution in [0.1, 0.15) is 23.4 Å². The van der Waals surface area contributed by atoms with Gasteiger partial charge in [0.25, 0.3) is 5.91 Å². The molecule has 0 spiro atoms. The fourth-order valence-electron chi connectivity index (χ4n) is 4.95. The zero-order chi connectivity index (χ0) is 23.9. The van der Waals surface area contributed by atoms with Crippen LogP contribution in [0.5, 0.6) is 0 Å². The number of carbonyl (C=O) groups excluding carboxylic acids is 2. The number of cyclic esters (lactones) is 1. The normalized spacial score (nSPS) is 23.0. The molecular weight excluding hydrogens is 465 g/mol. The fourth-order valence-corrected chi connectivity index (χ4v) is 6.70. The van der Waals surface area contributed by atoms with Crippen molar-refractivity contribution in [1.82, 2.24) is 5.32 Å². The Kier molecular flexibility index (Phi) is 5.97. The third-order valence-electron chi connectivity index (χ3n) is 6.84. The Morgan fingerprint density at radius 3 is 2.56 bits per heavy atom. The van der Waals surface area contributed by atoms with Crippen molar-refractivity contribution in [2.45, 2.75) is 18.9 Å². The number of piperidine rings is 1. The minimum Gasteiger partial charge on any atom is -0.459 e. The molecule has 2 amide bonds. The Morgan fingerprint density at radius 2 is 1.91 bits per heavy atom. The molecular formula is C23H26FN3O6S. The van der Waals surface area contributed by atoms with Gasteiger partial charge in [-0.15, -0.1) is 0 Å². The van der Waals surface area contributed by atoms with Crippen LogP contribution in [0.3, 0.4) is 0 Å². The summed E-state index contributed by atoms with van der Waals surface area (Å²) < 4.78 is 48.2. The van der Waals surface area contributed by atoms with Crippen LogP contribution >= 0.6 is 0 Å². The van der Waals surface area contributed by atoms with Crippen molar-refractivity contribution in [2.24, 2.45) is 11.8 Å². The standard InChI is InChI=1S/C23H26FN3O6S/c24-19-10-17(27-12-18(33-23(27)29)11-25-22(28)21-2-1-9-32-21)3-4-20(19)26-7-5-15(6-8-26)16-13-34(30,31)14-16/h1-4,9-10,15-16,18H,5-8,11-14H2,(H,25,28)/t18-/m0/s1. The highest BCUT2D eigenvalue weighted by Gasteiger charge is 2.40. The zero-order valence-electron chi connectivity index (χ0n) is 18.5. The van der Waals surface area contributed by atoms with Crippen LogP contribution in [-0.2, 0) is 14.6 Å². The number of furan rings is 1. The topological polar surface area (TPSA) is 109 Å². The third kappa shape index (κ3) is 4.61. The van der Waals surface area contributed by atoms with Crippen molar-refractivity contribution >= 4 is 33.2 Å². The van der Waals surface area contributed by atoms with Crippen molar-refractivity contribution in [2.75, 3.05) is 47.5 Å². The van der Waals surface area contributed by atoms with Crippen LogP contribution in [0.4, 0.5) is 20.6 Å². The third-order valence-corrected chi connectivity index (χ3v) is 8.71. The summed E-state index contributed by atoms with van der Waals surface area (Å²) in [5.74, 6) is 0.493. The number of ether oxygens (including phenoxy) is 1. The summed E-state index contributed by atoms with van der Waals surface area (Å²) in [4.78, 5) is 27.6. The highest BCUT2D eigenvalue weighted by molar-refractivity contribution is 7.92. The maximum absolute atomic E-state index is 15.0. The monoisotopic (exact) mass is 491 g/mol. The molecule has 0 radical (unpaired) electrons. The molecule has 4 heterocycles. The molecule has 1 N–H and O–H groups in total. The number of halogens is 1. The first-order valence-corrected chi connectivity index (χ1v) is 13.2. The zero-order valence-corrected chi connectivity index (χ0v) is 19.3. The number of carbonyl (C=O) groups is 2. The predicted molar refractivity (Wildman–Crippen MR) is 122 cm³/mol. The van der Waals surface area contributed by atoms with E-state index in [2.05, 4.69) is 5.32 Å². The van der Waals surface area contributed by atoms with E-state index in [-0.39, 0.29) is 36.3 Å². The predicted octanol–water partition coefficient (Wildman–Crippen LogP) is 2.43. The van der Waals surface area contributed by atoms with Gasteiger partial charge >= 0.3 is 6.09 Å². The highest BCUT2D eigenvalue weighted by Crippen LogP contribution is 2.36. The Balaban J connectivity index is 1.16. The van der Waals surface area contributed by atoms with Crippen molar-refractivity contribution in [3.8, 4) is 0 Å². The first-order valence-electron chi connectivity index (χ1n) is 11.3. The molecule has 2 aromatic rings. The summed E-state index contributed by atoms with van der Waals surface area (Å²) in [5.41, 5.74) is 0.860. The molecule has 3 aliphatic rings. The number of sulfone groups is 1. The number of hydrogen-bond acceptors (Lipinski definition) is 7. The molecule has 34 heavy (non-hydrogen) atoms. The Morgan fingerprint density at radius 1 is 1.15 bits per heavy atom. The number of nitrogens with one attached hydrogen (secondary N) is 1. The van der Waals surface area contributed by atoms with Crippen LogP contribution in [0.2, 0.25) is 0 Å². The van der Waals surface area contributed by atoms with E-state index in [0.29, 0.717) is 30.4 Å².